The highest BCUT2D eigenvalue weighted by atomic mass is 16.5. The van der Waals surface area contributed by atoms with Gasteiger partial charge in [-0.25, -0.2) is 0 Å². The summed E-state index contributed by atoms with van der Waals surface area (Å²) in [5, 5.41) is 0. The Labute approximate surface area is 124 Å². The summed E-state index contributed by atoms with van der Waals surface area (Å²) in [7, 11) is 1.75. The van der Waals surface area contributed by atoms with Crippen LogP contribution < -0.4 is 5.73 Å². The molecular formula is C17H30N2O. The molecule has 0 saturated carbocycles. The zero-order chi connectivity index (χ0) is 15.1. The minimum atomic E-state index is 0.0902. The van der Waals surface area contributed by atoms with Crippen molar-refractivity contribution in [3.8, 4) is 0 Å². The molecule has 0 heterocycles. The van der Waals surface area contributed by atoms with E-state index in [1.54, 1.807) is 7.11 Å². The van der Waals surface area contributed by atoms with Crippen LogP contribution >= 0.6 is 0 Å². The highest BCUT2D eigenvalue weighted by Gasteiger charge is 2.24. The van der Waals surface area contributed by atoms with E-state index in [9.17, 15) is 0 Å². The molecule has 0 saturated heterocycles. The third kappa shape index (κ3) is 5.23. The summed E-state index contributed by atoms with van der Waals surface area (Å²) in [6.45, 7) is 11.4. The number of nitrogens with two attached hydrogens (primary N) is 1. The van der Waals surface area contributed by atoms with Crippen LogP contribution in [0.25, 0.3) is 0 Å². The van der Waals surface area contributed by atoms with Crippen LogP contribution in [0.5, 0.6) is 0 Å². The van der Waals surface area contributed by atoms with E-state index in [4.69, 9.17) is 10.5 Å². The third-order valence-electron chi connectivity index (χ3n) is 3.46. The molecule has 3 heteroatoms. The number of nitrogens with zero attached hydrogens (tertiary/aromatic N) is 1. The Morgan fingerprint density at radius 3 is 2.45 bits per heavy atom. The zero-order valence-electron chi connectivity index (χ0n) is 13.6. The van der Waals surface area contributed by atoms with Crippen LogP contribution in [0.3, 0.4) is 0 Å². The minimum absolute atomic E-state index is 0.0902. The van der Waals surface area contributed by atoms with Crippen LogP contribution in [0.15, 0.2) is 24.3 Å². The number of hydrogen-bond donors (Lipinski definition) is 1. The van der Waals surface area contributed by atoms with Crippen molar-refractivity contribution >= 4 is 0 Å². The van der Waals surface area contributed by atoms with Crippen molar-refractivity contribution in [1.82, 2.24) is 4.90 Å². The predicted molar refractivity (Wildman–Crippen MR) is 85.9 cm³/mol. The van der Waals surface area contributed by atoms with E-state index in [1.165, 1.54) is 11.1 Å². The Kier molecular flexibility index (Phi) is 7.20. The van der Waals surface area contributed by atoms with Gasteiger partial charge < -0.3 is 10.5 Å². The summed E-state index contributed by atoms with van der Waals surface area (Å²) >= 11 is 0. The molecule has 0 radical (unpaired) electrons. The van der Waals surface area contributed by atoms with Crippen molar-refractivity contribution in [2.45, 2.75) is 39.8 Å². The number of aryl methyl sites for hydroxylation is 1. The molecule has 20 heavy (non-hydrogen) atoms. The van der Waals surface area contributed by atoms with Gasteiger partial charge in [-0.2, -0.15) is 0 Å². The van der Waals surface area contributed by atoms with Crippen molar-refractivity contribution in [2.24, 2.45) is 11.7 Å². The summed E-state index contributed by atoms with van der Waals surface area (Å²) < 4.78 is 5.26. The molecule has 0 spiro atoms. The number of benzene rings is 1. The van der Waals surface area contributed by atoms with Crippen LogP contribution in [-0.2, 0) is 4.74 Å². The fourth-order valence-electron chi connectivity index (χ4n) is 2.72. The molecule has 2 unspecified atom stereocenters. The standard InChI is InChI=1S/C17H30N2O/c1-13(2)12-19(9-10-20-5)17(15(4)18)16-8-6-7-14(3)11-16/h6-8,11,13,15,17H,9-10,12,18H2,1-5H3. The second-order valence-corrected chi connectivity index (χ2v) is 6.10. The molecular weight excluding hydrogens is 248 g/mol. The van der Waals surface area contributed by atoms with E-state index < -0.39 is 0 Å². The highest BCUT2D eigenvalue weighted by Crippen LogP contribution is 2.25. The van der Waals surface area contributed by atoms with Gasteiger partial charge in [0, 0.05) is 32.3 Å². The summed E-state index contributed by atoms with van der Waals surface area (Å²) in [5.74, 6) is 0.609. The molecule has 3 nitrogen and oxygen atoms in total. The molecule has 0 bridgehead atoms. The summed E-state index contributed by atoms with van der Waals surface area (Å²) in [6.07, 6.45) is 0. The molecule has 0 aliphatic heterocycles. The SMILES string of the molecule is COCCN(CC(C)C)C(c1cccc(C)c1)C(C)N. The van der Waals surface area contributed by atoms with Crippen molar-refractivity contribution in [3.63, 3.8) is 0 Å². The maximum Gasteiger partial charge on any atom is 0.0589 e. The Balaban J connectivity index is 3.00. The van der Waals surface area contributed by atoms with Gasteiger partial charge in [0.1, 0.15) is 0 Å². The molecule has 0 aliphatic rings. The lowest BCUT2D eigenvalue weighted by atomic mass is 9.96. The Hall–Kier alpha value is -0.900. The number of methoxy groups -OCH3 is 1. The van der Waals surface area contributed by atoms with Crippen LogP contribution in [0.1, 0.15) is 37.9 Å². The predicted octanol–water partition coefficient (Wildman–Crippen LogP) is 2.99. The molecule has 2 N–H and O–H groups in total. The van der Waals surface area contributed by atoms with Crippen LogP contribution in [0.2, 0.25) is 0 Å². The van der Waals surface area contributed by atoms with E-state index in [0.717, 1.165) is 19.7 Å². The van der Waals surface area contributed by atoms with Crippen LogP contribution in [0, 0.1) is 12.8 Å². The molecule has 2 atom stereocenters. The van der Waals surface area contributed by atoms with Gasteiger partial charge in [-0.3, -0.25) is 4.90 Å². The minimum Gasteiger partial charge on any atom is -0.383 e. The quantitative estimate of drug-likeness (QED) is 0.794. The Bertz CT molecular complexity index is 390. The van der Waals surface area contributed by atoms with E-state index in [0.29, 0.717) is 5.92 Å². The van der Waals surface area contributed by atoms with E-state index in [1.807, 2.05) is 0 Å². The lowest BCUT2D eigenvalue weighted by Gasteiger charge is -2.35. The molecule has 0 fully saturated rings. The fraction of sp³-hybridized carbons (Fsp3) is 0.647. The zero-order valence-corrected chi connectivity index (χ0v) is 13.6. The van der Waals surface area contributed by atoms with Gasteiger partial charge in [-0.15, -0.1) is 0 Å². The molecule has 0 amide bonds. The smallest absolute Gasteiger partial charge is 0.0589 e. The Morgan fingerprint density at radius 1 is 1.25 bits per heavy atom. The largest absolute Gasteiger partial charge is 0.383 e. The number of ether oxygens (including phenoxy) is 1. The number of hydrogen-bond acceptors (Lipinski definition) is 3. The van der Waals surface area contributed by atoms with Gasteiger partial charge in [0.05, 0.1) is 6.61 Å². The summed E-state index contributed by atoms with van der Waals surface area (Å²) in [6, 6.07) is 9.00. The van der Waals surface area contributed by atoms with Gasteiger partial charge in [-0.1, -0.05) is 43.7 Å². The summed E-state index contributed by atoms with van der Waals surface area (Å²) in [5.41, 5.74) is 8.87. The van der Waals surface area contributed by atoms with Crippen molar-refractivity contribution in [1.29, 1.82) is 0 Å². The van der Waals surface area contributed by atoms with E-state index in [-0.39, 0.29) is 12.1 Å². The molecule has 114 valence electrons. The second-order valence-electron chi connectivity index (χ2n) is 6.10. The second kappa shape index (κ2) is 8.40. The molecule has 1 rings (SSSR count). The topological polar surface area (TPSA) is 38.5 Å². The van der Waals surface area contributed by atoms with Crippen LogP contribution in [0.4, 0.5) is 0 Å². The first-order valence-electron chi connectivity index (χ1n) is 7.50. The maximum absolute atomic E-state index is 6.28. The number of rotatable bonds is 8. The first kappa shape index (κ1) is 17.2. The molecule has 0 aliphatic carbocycles. The van der Waals surface area contributed by atoms with Crippen molar-refractivity contribution < 1.29 is 4.74 Å². The highest BCUT2D eigenvalue weighted by molar-refractivity contribution is 5.26. The normalized spacial score (nSPS) is 14.8. The van der Waals surface area contributed by atoms with E-state index in [2.05, 4.69) is 56.9 Å². The third-order valence-corrected chi connectivity index (χ3v) is 3.46. The average Bonchev–Trinajstić information content (AvgIpc) is 2.35. The van der Waals surface area contributed by atoms with Gasteiger partial charge in [-0.05, 0) is 25.3 Å². The summed E-state index contributed by atoms with van der Waals surface area (Å²) in [4.78, 5) is 2.45. The van der Waals surface area contributed by atoms with Crippen molar-refractivity contribution in [3.05, 3.63) is 35.4 Å². The Morgan fingerprint density at radius 2 is 1.95 bits per heavy atom. The van der Waals surface area contributed by atoms with Gasteiger partial charge in [0.2, 0.25) is 0 Å². The van der Waals surface area contributed by atoms with Gasteiger partial charge in [0.15, 0.2) is 0 Å². The lowest BCUT2D eigenvalue weighted by Crippen LogP contribution is -2.42. The monoisotopic (exact) mass is 278 g/mol. The van der Waals surface area contributed by atoms with Crippen LogP contribution in [-0.4, -0.2) is 37.7 Å². The fourth-order valence-corrected chi connectivity index (χ4v) is 2.72. The molecule has 1 aromatic rings. The van der Waals surface area contributed by atoms with Gasteiger partial charge >= 0.3 is 0 Å². The first-order chi connectivity index (χ1) is 9.45. The molecule has 0 aromatic heterocycles. The van der Waals surface area contributed by atoms with Crippen molar-refractivity contribution in [2.75, 3.05) is 26.8 Å². The lowest BCUT2D eigenvalue weighted by molar-refractivity contribution is 0.101. The van der Waals surface area contributed by atoms with Gasteiger partial charge in [0.25, 0.3) is 0 Å². The first-order valence-corrected chi connectivity index (χ1v) is 7.50. The average molecular weight is 278 g/mol. The maximum atomic E-state index is 6.28. The molecule has 1 aromatic carbocycles. The van der Waals surface area contributed by atoms with E-state index >= 15 is 0 Å².